The van der Waals surface area contributed by atoms with Gasteiger partial charge in [-0.1, -0.05) is 22.0 Å². The third-order valence-electron chi connectivity index (χ3n) is 0.693. The molecule has 0 unspecified atom stereocenters. The molecule has 8 heavy (non-hydrogen) atoms. The average Bonchev–Trinajstić information content (AvgIpc) is 1.68. The van der Waals surface area contributed by atoms with Gasteiger partial charge >= 0.3 is 0 Å². The Kier molecular flexibility index (Phi) is 4.97. The summed E-state index contributed by atoms with van der Waals surface area (Å²) in [6.45, 7) is 1.84. The van der Waals surface area contributed by atoms with Gasteiger partial charge in [-0.3, -0.25) is 4.79 Å². The van der Waals surface area contributed by atoms with Gasteiger partial charge in [0.05, 0.1) is 0 Å². The number of carbonyl (C=O) groups excluding carboxylic acids is 1. The third kappa shape index (κ3) is 4.06. The van der Waals surface area contributed by atoms with Crippen molar-refractivity contribution in [2.24, 2.45) is 0 Å². The minimum absolute atomic E-state index is 0.185. The molecule has 0 fully saturated rings. The van der Waals surface area contributed by atoms with Crippen LogP contribution in [-0.2, 0) is 4.79 Å². The van der Waals surface area contributed by atoms with Gasteiger partial charge in [0, 0.05) is 11.8 Å². The van der Waals surface area contributed by atoms with Crippen molar-refractivity contribution in [3.63, 3.8) is 0 Å². The van der Waals surface area contributed by atoms with Crippen LogP contribution >= 0.6 is 15.9 Å². The largest absolute Gasteiger partial charge is 0.295 e. The maximum absolute atomic E-state index is 10.5. The number of alkyl halides is 1. The van der Waals surface area contributed by atoms with Crippen molar-refractivity contribution in [1.29, 1.82) is 0 Å². The summed E-state index contributed by atoms with van der Waals surface area (Å²) in [5, 5.41) is 0.760. The maximum Gasteiger partial charge on any atom is 0.156 e. The second-order valence-corrected chi connectivity index (χ2v) is 2.20. The highest BCUT2D eigenvalue weighted by molar-refractivity contribution is 9.09. The summed E-state index contributed by atoms with van der Waals surface area (Å²) in [4.78, 5) is 10.5. The van der Waals surface area contributed by atoms with Crippen molar-refractivity contribution in [3.8, 4) is 0 Å². The van der Waals surface area contributed by atoms with E-state index in [-0.39, 0.29) is 5.78 Å². The normalized spacial score (nSPS) is 10.2. The molecular formula is C6H9BrO. The van der Waals surface area contributed by atoms with E-state index in [9.17, 15) is 4.79 Å². The van der Waals surface area contributed by atoms with Crippen LogP contribution in [-0.4, -0.2) is 11.1 Å². The Balaban J connectivity index is 3.33. The molecule has 0 aliphatic carbocycles. The topological polar surface area (TPSA) is 17.1 Å². The van der Waals surface area contributed by atoms with Crippen molar-refractivity contribution in [3.05, 3.63) is 12.2 Å². The van der Waals surface area contributed by atoms with Crippen LogP contribution in [0, 0.1) is 0 Å². The van der Waals surface area contributed by atoms with Gasteiger partial charge in [0.15, 0.2) is 5.78 Å². The molecule has 0 aromatic rings. The molecule has 0 heterocycles. The molecule has 0 spiro atoms. The zero-order valence-electron chi connectivity index (χ0n) is 4.86. The summed E-state index contributed by atoms with van der Waals surface area (Å²) in [5.74, 6) is 0.185. The molecule has 0 bridgehead atoms. The lowest BCUT2D eigenvalue weighted by Gasteiger charge is -1.83. The van der Waals surface area contributed by atoms with E-state index < -0.39 is 0 Å². The monoisotopic (exact) mass is 176 g/mol. The predicted octanol–water partition coefficient (Wildman–Crippen LogP) is 1.92. The molecule has 0 saturated heterocycles. The van der Waals surface area contributed by atoms with Gasteiger partial charge in [-0.15, -0.1) is 0 Å². The van der Waals surface area contributed by atoms with E-state index in [1.807, 2.05) is 6.92 Å². The van der Waals surface area contributed by atoms with Gasteiger partial charge in [0.2, 0.25) is 0 Å². The minimum atomic E-state index is 0.185. The van der Waals surface area contributed by atoms with Crippen molar-refractivity contribution < 1.29 is 4.79 Å². The lowest BCUT2D eigenvalue weighted by Crippen LogP contribution is -1.90. The maximum atomic E-state index is 10.5. The molecule has 0 amide bonds. The second-order valence-electron chi connectivity index (χ2n) is 1.41. The van der Waals surface area contributed by atoms with Crippen LogP contribution in [0.4, 0.5) is 0 Å². The number of hydrogen-bond acceptors (Lipinski definition) is 1. The third-order valence-corrected chi connectivity index (χ3v) is 1.09. The number of ketones is 1. The summed E-state index contributed by atoms with van der Waals surface area (Å²) in [7, 11) is 0. The van der Waals surface area contributed by atoms with Gasteiger partial charge in [-0.05, 0) is 13.0 Å². The molecule has 1 nitrogen and oxygen atoms in total. The number of hydrogen-bond donors (Lipinski definition) is 0. The van der Waals surface area contributed by atoms with Gasteiger partial charge in [-0.2, -0.15) is 0 Å². The molecule has 0 radical (unpaired) electrons. The van der Waals surface area contributed by atoms with E-state index in [2.05, 4.69) is 15.9 Å². The Bertz CT molecular complexity index is 96.7. The van der Waals surface area contributed by atoms with Crippen molar-refractivity contribution in [2.75, 3.05) is 5.33 Å². The smallest absolute Gasteiger partial charge is 0.156 e. The first-order chi connectivity index (χ1) is 3.81. The highest BCUT2D eigenvalue weighted by Gasteiger charge is 1.90. The van der Waals surface area contributed by atoms with E-state index >= 15 is 0 Å². The number of rotatable bonds is 3. The van der Waals surface area contributed by atoms with Crippen molar-refractivity contribution in [1.82, 2.24) is 0 Å². The second kappa shape index (κ2) is 5.04. The number of allylic oxidation sites excluding steroid dienone is 2. The van der Waals surface area contributed by atoms with E-state index in [1.54, 1.807) is 12.2 Å². The average molecular weight is 177 g/mol. The highest BCUT2D eigenvalue weighted by Crippen LogP contribution is 1.89. The summed E-state index contributed by atoms with van der Waals surface area (Å²) in [5.41, 5.74) is 0. The molecule has 0 aromatic carbocycles. The SMILES string of the molecule is CC=CC(=O)CCBr. The number of halogens is 1. The van der Waals surface area contributed by atoms with Crippen LogP contribution in [0.15, 0.2) is 12.2 Å². The molecule has 2 heteroatoms. The highest BCUT2D eigenvalue weighted by atomic mass is 79.9. The zero-order chi connectivity index (χ0) is 6.41. The predicted molar refractivity (Wildman–Crippen MR) is 38.2 cm³/mol. The Morgan fingerprint density at radius 3 is 2.75 bits per heavy atom. The molecule has 0 aliphatic rings. The van der Waals surface area contributed by atoms with E-state index in [0.29, 0.717) is 6.42 Å². The van der Waals surface area contributed by atoms with E-state index in [0.717, 1.165) is 5.33 Å². The molecular weight excluding hydrogens is 168 g/mol. The summed E-state index contributed by atoms with van der Waals surface area (Å²) >= 11 is 3.17. The zero-order valence-corrected chi connectivity index (χ0v) is 6.44. The van der Waals surface area contributed by atoms with Crippen molar-refractivity contribution in [2.45, 2.75) is 13.3 Å². The van der Waals surface area contributed by atoms with Gasteiger partial charge in [0.1, 0.15) is 0 Å². The van der Waals surface area contributed by atoms with Crippen LogP contribution < -0.4 is 0 Å². The molecule has 46 valence electrons. The first-order valence-electron chi connectivity index (χ1n) is 2.52. The summed E-state index contributed by atoms with van der Waals surface area (Å²) < 4.78 is 0. The van der Waals surface area contributed by atoms with Crippen LogP contribution in [0.2, 0.25) is 0 Å². The molecule has 0 atom stereocenters. The Morgan fingerprint density at radius 1 is 1.75 bits per heavy atom. The molecule has 0 saturated carbocycles. The molecule has 0 aliphatic heterocycles. The van der Waals surface area contributed by atoms with Crippen molar-refractivity contribution >= 4 is 21.7 Å². The van der Waals surface area contributed by atoms with E-state index in [4.69, 9.17) is 0 Å². The first-order valence-corrected chi connectivity index (χ1v) is 3.65. The van der Waals surface area contributed by atoms with Crippen LogP contribution in [0.3, 0.4) is 0 Å². The summed E-state index contributed by atoms with van der Waals surface area (Å²) in [6, 6.07) is 0. The Labute approximate surface area is 57.9 Å². The van der Waals surface area contributed by atoms with Gasteiger partial charge < -0.3 is 0 Å². The van der Waals surface area contributed by atoms with E-state index in [1.165, 1.54) is 0 Å². The lowest BCUT2D eigenvalue weighted by molar-refractivity contribution is -0.114. The number of carbonyl (C=O) groups is 1. The standard InChI is InChI=1S/C6H9BrO/c1-2-3-6(8)4-5-7/h2-3H,4-5H2,1H3. The Hall–Kier alpha value is -0.110. The fourth-order valence-corrected chi connectivity index (χ4v) is 0.753. The summed E-state index contributed by atoms with van der Waals surface area (Å²) in [6.07, 6.45) is 3.94. The molecule has 0 aromatic heterocycles. The Morgan fingerprint density at radius 2 is 2.38 bits per heavy atom. The van der Waals surface area contributed by atoms with Crippen LogP contribution in [0.1, 0.15) is 13.3 Å². The van der Waals surface area contributed by atoms with Crippen LogP contribution in [0.25, 0.3) is 0 Å². The lowest BCUT2D eigenvalue weighted by atomic mass is 10.3. The van der Waals surface area contributed by atoms with Crippen LogP contribution in [0.5, 0.6) is 0 Å². The fourth-order valence-electron chi connectivity index (χ4n) is 0.362. The first kappa shape index (κ1) is 7.89. The minimum Gasteiger partial charge on any atom is -0.295 e. The van der Waals surface area contributed by atoms with Gasteiger partial charge in [-0.25, -0.2) is 0 Å². The molecule has 0 rings (SSSR count). The fraction of sp³-hybridized carbons (Fsp3) is 0.500. The molecule has 0 N–H and O–H groups in total. The quantitative estimate of drug-likeness (QED) is 0.475. The van der Waals surface area contributed by atoms with Gasteiger partial charge in [0.25, 0.3) is 0 Å².